The molecule has 2 aromatic rings. The predicted molar refractivity (Wildman–Crippen MR) is 105 cm³/mol. The topological polar surface area (TPSA) is 15.3 Å². The first-order valence-corrected chi connectivity index (χ1v) is 9.22. The third-order valence-electron chi connectivity index (χ3n) is 5.22. The van der Waals surface area contributed by atoms with E-state index >= 15 is 0 Å². The summed E-state index contributed by atoms with van der Waals surface area (Å²) >= 11 is 1.92. The standard InChI is InChI=1S/C18H24N2S.2ClH/c1-2-6-14(5-1)18(20-11-9-19-10-12-20)16-13-21-17-8-4-3-7-15(16)17;;/h3-4,7-8,13-14,18-19H,1-2,5-6,9-12H2;2*1H/t18-;;/m1../s1. The number of rotatable bonds is 3. The summed E-state index contributed by atoms with van der Waals surface area (Å²) in [5, 5.41) is 7.44. The molecule has 0 bridgehead atoms. The summed E-state index contributed by atoms with van der Waals surface area (Å²) in [6, 6.07) is 9.60. The quantitative estimate of drug-likeness (QED) is 0.825. The van der Waals surface area contributed by atoms with Crippen molar-refractivity contribution in [1.82, 2.24) is 10.2 Å². The van der Waals surface area contributed by atoms with Crippen molar-refractivity contribution in [1.29, 1.82) is 0 Å². The van der Waals surface area contributed by atoms with Gasteiger partial charge in [-0.1, -0.05) is 31.0 Å². The van der Waals surface area contributed by atoms with Gasteiger partial charge in [0, 0.05) is 36.9 Å². The molecule has 2 nitrogen and oxygen atoms in total. The lowest BCUT2D eigenvalue weighted by Crippen LogP contribution is -2.46. The van der Waals surface area contributed by atoms with Crippen LogP contribution in [-0.4, -0.2) is 31.1 Å². The molecule has 2 fully saturated rings. The Morgan fingerprint density at radius 1 is 1.04 bits per heavy atom. The van der Waals surface area contributed by atoms with Crippen molar-refractivity contribution in [2.24, 2.45) is 5.92 Å². The third kappa shape index (κ3) is 3.85. The highest BCUT2D eigenvalue weighted by atomic mass is 35.5. The first-order valence-electron chi connectivity index (χ1n) is 8.34. The fourth-order valence-corrected chi connectivity index (χ4v) is 5.20. The summed E-state index contributed by atoms with van der Waals surface area (Å²) in [4.78, 5) is 2.75. The van der Waals surface area contributed by atoms with E-state index in [9.17, 15) is 0 Å². The van der Waals surface area contributed by atoms with E-state index in [4.69, 9.17) is 0 Å². The van der Waals surface area contributed by atoms with Gasteiger partial charge < -0.3 is 5.32 Å². The molecule has 0 unspecified atom stereocenters. The Hall–Kier alpha value is -0.320. The number of nitrogens with one attached hydrogen (secondary N) is 1. The molecule has 1 atom stereocenters. The lowest BCUT2D eigenvalue weighted by Gasteiger charge is -2.38. The van der Waals surface area contributed by atoms with Crippen LogP contribution in [0.15, 0.2) is 29.6 Å². The van der Waals surface area contributed by atoms with Crippen LogP contribution in [-0.2, 0) is 0 Å². The van der Waals surface area contributed by atoms with Crippen LogP contribution in [0, 0.1) is 5.92 Å². The van der Waals surface area contributed by atoms with Crippen molar-refractivity contribution in [3.8, 4) is 0 Å². The zero-order chi connectivity index (χ0) is 14.1. The molecule has 1 saturated carbocycles. The molecular weight excluding hydrogens is 347 g/mol. The second-order valence-electron chi connectivity index (χ2n) is 6.46. The summed E-state index contributed by atoms with van der Waals surface area (Å²) in [5.41, 5.74) is 1.60. The average Bonchev–Trinajstić information content (AvgIpc) is 3.20. The van der Waals surface area contributed by atoms with E-state index in [-0.39, 0.29) is 24.8 Å². The lowest BCUT2D eigenvalue weighted by molar-refractivity contribution is 0.127. The highest BCUT2D eigenvalue weighted by Crippen LogP contribution is 2.43. The SMILES string of the molecule is Cl.Cl.c1ccc2c([C@@H](C3CCCC3)N3CCNCC3)csc2c1. The fourth-order valence-electron chi connectivity index (χ4n) is 4.21. The summed E-state index contributed by atoms with van der Waals surface area (Å²) in [6.07, 6.45) is 5.68. The molecule has 2 aliphatic rings. The molecule has 1 aliphatic carbocycles. The van der Waals surface area contributed by atoms with Gasteiger partial charge in [-0.15, -0.1) is 36.2 Å². The summed E-state index contributed by atoms with van der Waals surface area (Å²) in [7, 11) is 0. The van der Waals surface area contributed by atoms with E-state index in [0.29, 0.717) is 6.04 Å². The van der Waals surface area contributed by atoms with Crippen LogP contribution in [0.1, 0.15) is 37.3 Å². The predicted octanol–water partition coefficient (Wildman–Crippen LogP) is 4.88. The molecule has 0 radical (unpaired) electrons. The number of fused-ring (bicyclic) bond motifs is 1. The molecule has 1 aromatic heterocycles. The molecule has 5 heteroatoms. The van der Waals surface area contributed by atoms with Gasteiger partial charge in [0.25, 0.3) is 0 Å². The van der Waals surface area contributed by atoms with Gasteiger partial charge in [-0.05, 0) is 41.2 Å². The van der Waals surface area contributed by atoms with E-state index in [0.717, 1.165) is 19.0 Å². The number of halogens is 2. The zero-order valence-electron chi connectivity index (χ0n) is 13.4. The number of piperazine rings is 1. The van der Waals surface area contributed by atoms with Gasteiger partial charge in [-0.2, -0.15) is 0 Å². The Morgan fingerprint density at radius 3 is 2.48 bits per heavy atom. The van der Waals surface area contributed by atoms with Crippen LogP contribution in [0.2, 0.25) is 0 Å². The molecule has 2 heterocycles. The maximum Gasteiger partial charge on any atom is 0.0391 e. The second-order valence-corrected chi connectivity index (χ2v) is 7.37. The van der Waals surface area contributed by atoms with Crippen LogP contribution in [0.3, 0.4) is 0 Å². The van der Waals surface area contributed by atoms with Crippen LogP contribution in [0.5, 0.6) is 0 Å². The lowest BCUT2D eigenvalue weighted by atomic mass is 9.89. The highest BCUT2D eigenvalue weighted by Gasteiger charge is 2.33. The van der Waals surface area contributed by atoms with E-state index in [1.807, 2.05) is 11.3 Å². The van der Waals surface area contributed by atoms with Gasteiger partial charge in [0.1, 0.15) is 0 Å². The molecule has 128 valence electrons. The molecular formula is C18H26Cl2N2S. The number of hydrogen-bond donors (Lipinski definition) is 1. The Kier molecular flexibility index (Phi) is 7.18. The van der Waals surface area contributed by atoms with Crippen LogP contribution in [0.25, 0.3) is 10.1 Å². The minimum atomic E-state index is 0. The monoisotopic (exact) mass is 372 g/mol. The maximum absolute atomic E-state index is 3.50. The van der Waals surface area contributed by atoms with Gasteiger partial charge >= 0.3 is 0 Å². The van der Waals surface area contributed by atoms with Crippen molar-refractivity contribution in [2.75, 3.05) is 26.2 Å². The van der Waals surface area contributed by atoms with Crippen molar-refractivity contribution < 1.29 is 0 Å². The van der Waals surface area contributed by atoms with Crippen LogP contribution in [0.4, 0.5) is 0 Å². The van der Waals surface area contributed by atoms with E-state index < -0.39 is 0 Å². The molecule has 0 amide bonds. The largest absolute Gasteiger partial charge is 0.314 e. The summed E-state index contributed by atoms with van der Waals surface area (Å²) < 4.78 is 1.45. The minimum Gasteiger partial charge on any atom is -0.314 e. The van der Waals surface area contributed by atoms with Crippen molar-refractivity contribution in [3.05, 3.63) is 35.2 Å². The minimum absolute atomic E-state index is 0. The van der Waals surface area contributed by atoms with E-state index in [1.54, 1.807) is 5.56 Å². The van der Waals surface area contributed by atoms with E-state index in [1.165, 1.54) is 48.9 Å². The molecule has 1 saturated heterocycles. The third-order valence-corrected chi connectivity index (χ3v) is 6.20. The highest BCUT2D eigenvalue weighted by molar-refractivity contribution is 7.17. The Balaban J connectivity index is 0.000000960. The van der Waals surface area contributed by atoms with Gasteiger partial charge in [0.15, 0.2) is 0 Å². The molecule has 1 N–H and O–H groups in total. The van der Waals surface area contributed by atoms with E-state index in [2.05, 4.69) is 39.9 Å². The molecule has 23 heavy (non-hydrogen) atoms. The maximum atomic E-state index is 3.50. The van der Waals surface area contributed by atoms with Crippen LogP contribution >= 0.6 is 36.2 Å². The number of benzene rings is 1. The molecule has 1 aromatic carbocycles. The molecule has 0 spiro atoms. The van der Waals surface area contributed by atoms with Gasteiger partial charge in [0.2, 0.25) is 0 Å². The first kappa shape index (κ1) is 19.0. The van der Waals surface area contributed by atoms with Crippen LogP contribution < -0.4 is 5.32 Å². The summed E-state index contributed by atoms with van der Waals surface area (Å²) in [5.74, 6) is 0.862. The Morgan fingerprint density at radius 2 is 1.74 bits per heavy atom. The number of thiophene rings is 1. The second kappa shape index (κ2) is 8.68. The Bertz CT molecular complexity index is 604. The zero-order valence-corrected chi connectivity index (χ0v) is 15.8. The van der Waals surface area contributed by atoms with Crippen molar-refractivity contribution in [3.63, 3.8) is 0 Å². The van der Waals surface area contributed by atoms with Gasteiger partial charge in [-0.3, -0.25) is 4.90 Å². The molecule has 4 rings (SSSR count). The average molecular weight is 373 g/mol. The first-order chi connectivity index (χ1) is 10.4. The molecule has 1 aliphatic heterocycles. The fraction of sp³-hybridized carbons (Fsp3) is 0.556. The Labute approximate surface area is 155 Å². The summed E-state index contributed by atoms with van der Waals surface area (Å²) in [6.45, 7) is 4.69. The normalized spacial score (nSPS) is 20.9. The van der Waals surface area contributed by atoms with Gasteiger partial charge in [0.05, 0.1) is 0 Å². The van der Waals surface area contributed by atoms with Crippen molar-refractivity contribution >= 4 is 46.2 Å². The van der Waals surface area contributed by atoms with Gasteiger partial charge in [-0.25, -0.2) is 0 Å². The smallest absolute Gasteiger partial charge is 0.0391 e. The number of nitrogens with zero attached hydrogens (tertiary/aromatic N) is 1. The number of hydrogen-bond acceptors (Lipinski definition) is 3. The van der Waals surface area contributed by atoms with Crippen molar-refractivity contribution in [2.45, 2.75) is 31.7 Å².